The number of nitrogens with zero attached hydrogens (tertiary/aromatic N) is 2. The van der Waals surface area contributed by atoms with E-state index in [1.165, 1.54) is 16.9 Å². The molecule has 2 aromatic carbocycles. The number of hydrogen-bond donors (Lipinski definition) is 1. The summed E-state index contributed by atoms with van der Waals surface area (Å²) in [6.45, 7) is 7.31. The summed E-state index contributed by atoms with van der Waals surface area (Å²) in [5.74, 6) is 1.09. The number of benzene rings is 2. The van der Waals surface area contributed by atoms with Crippen LogP contribution in [0.3, 0.4) is 0 Å². The molecular formula is C33H49N3O6S. The number of likely N-dealkylation sites (N-methyl/N-ethyl adjacent to an activating group) is 1. The Labute approximate surface area is 257 Å². The van der Waals surface area contributed by atoms with Crippen LogP contribution in [-0.2, 0) is 30.7 Å². The Morgan fingerprint density at radius 2 is 1.72 bits per heavy atom. The smallest absolute Gasteiger partial charge is 0.246 e. The van der Waals surface area contributed by atoms with Crippen molar-refractivity contribution in [3.63, 3.8) is 0 Å². The quantitative estimate of drug-likeness (QED) is 0.322. The van der Waals surface area contributed by atoms with Crippen LogP contribution in [0, 0.1) is 19.8 Å². The van der Waals surface area contributed by atoms with E-state index in [2.05, 4.69) is 40.5 Å². The van der Waals surface area contributed by atoms with Crippen LogP contribution in [0.15, 0.2) is 47.4 Å². The van der Waals surface area contributed by atoms with Gasteiger partial charge in [0.25, 0.3) is 0 Å². The Balaban J connectivity index is 1.20. The van der Waals surface area contributed by atoms with Crippen LogP contribution in [-0.4, -0.2) is 95.8 Å². The number of sulfonamides is 1. The number of aryl methyl sites for hydroxylation is 3. The maximum atomic E-state index is 13.2. The average Bonchev–Trinajstić information content (AvgIpc) is 3.00. The van der Waals surface area contributed by atoms with Gasteiger partial charge in [-0.05, 0) is 87.1 Å². The number of rotatable bonds is 14. The third kappa shape index (κ3) is 9.25. The third-order valence-corrected chi connectivity index (χ3v) is 11.1. The number of morpholine rings is 1. The van der Waals surface area contributed by atoms with Crippen molar-refractivity contribution < 1.29 is 27.4 Å². The van der Waals surface area contributed by atoms with Gasteiger partial charge >= 0.3 is 0 Å². The zero-order chi connectivity index (χ0) is 30.8. The molecule has 1 N–H and O–H groups in total. The monoisotopic (exact) mass is 615 g/mol. The minimum absolute atomic E-state index is 0.0815. The van der Waals surface area contributed by atoms with Gasteiger partial charge in [0.1, 0.15) is 12.4 Å². The molecule has 1 aliphatic carbocycles. The standard InChI is InChI=1S/C33H49N3O6S/c1-25-22-30(40-4)23-26(2)33(25)43(38,39)35(3)16-19-42-24-32(37)34-29-13-11-28(12-14-29)31(36-17-20-41-21-18-36)15-10-27-8-6-5-7-9-27/h5-9,22-23,28-29,31H,10-21,24H2,1-4H3,(H,34,37). The second-order valence-electron chi connectivity index (χ2n) is 11.9. The Hall–Kier alpha value is -2.50. The summed E-state index contributed by atoms with van der Waals surface area (Å²) in [6.07, 6.45) is 6.33. The molecular weight excluding hydrogens is 566 g/mol. The lowest BCUT2D eigenvalue weighted by Crippen LogP contribution is -2.49. The first-order valence-corrected chi connectivity index (χ1v) is 17.0. The summed E-state index contributed by atoms with van der Waals surface area (Å²) in [7, 11) is -0.612. The van der Waals surface area contributed by atoms with Crippen LogP contribution < -0.4 is 10.1 Å². The van der Waals surface area contributed by atoms with E-state index in [0.717, 1.165) is 64.8 Å². The van der Waals surface area contributed by atoms with Crippen LogP contribution in [0.2, 0.25) is 0 Å². The lowest BCUT2D eigenvalue weighted by molar-refractivity contribution is -0.126. The highest BCUT2D eigenvalue weighted by molar-refractivity contribution is 7.89. The Morgan fingerprint density at radius 3 is 2.35 bits per heavy atom. The van der Waals surface area contributed by atoms with E-state index in [1.54, 1.807) is 33.1 Å². The highest BCUT2D eigenvalue weighted by Crippen LogP contribution is 2.32. The van der Waals surface area contributed by atoms with E-state index in [0.29, 0.717) is 28.8 Å². The molecule has 1 aliphatic heterocycles. The molecule has 1 atom stereocenters. The summed E-state index contributed by atoms with van der Waals surface area (Å²) in [6, 6.07) is 14.8. The fourth-order valence-corrected chi connectivity index (χ4v) is 8.13. The molecule has 2 aliphatic rings. The average molecular weight is 616 g/mol. The van der Waals surface area contributed by atoms with Gasteiger partial charge < -0.3 is 19.5 Å². The second kappa shape index (κ2) is 16.0. The Bertz CT molecular complexity index is 1250. The number of amides is 1. The highest BCUT2D eigenvalue weighted by atomic mass is 32.2. The van der Waals surface area contributed by atoms with Gasteiger partial charge in [-0.25, -0.2) is 8.42 Å². The molecule has 1 amide bonds. The van der Waals surface area contributed by atoms with Gasteiger partial charge in [-0.15, -0.1) is 0 Å². The lowest BCUT2D eigenvalue weighted by Gasteiger charge is -2.42. The van der Waals surface area contributed by atoms with Crippen molar-refractivity contribution >= 4 is 15.9 Å². The van der Waals surface area contributed by atoms with Gasteiger partial charge in [0.2, 0.25) is 15.9 Å². The van der Waals surface area contributed by atoms with Gasteiger partial charge in [-0.3, -0.25) is 9.69 Å². The van der Waals surface area contributed by atoms with Crippen molar-refractivity contribution in [2.24, 2.45) is 5.92 Å². The van der Waals surface area contributed by atoms with E-state index >= 15 is 0 Å². The summed E-state index contributed by atoms with van der Waals surface area (Å²) in [5.41, 5.74) is 2.65. The van der Waals surface area contributed by atoms with Crippen LogP contribution >= 0.6 is 0 Å². The predicted molar refractivity (Wildman–Crippen MR) is 168 cm³/mol. The van der Waals surface area contributed by atoms with Crippen LogP contribution in [0.5, 0.6) is 5.75 Å². The van der Waals surface area contributed by atoms with Gasteiger partial charge in [0.15, 0.2) is 0 Å². The zero-order valence-electron chi connectivity index (χ0n) is 26.2. The van der Waals surface area contributed by atoms with E-state index in [9.17, 15) is 13.2 Å². The maximum absolute atomic E-state index is 13.2. The Kier molecular flexibility index (Phi) is 12.4. The lowest BCUT2D eigenvalue weighted by atomic mass is 9.79. The third-order valence-electron chi connectivity index (χ3n) is 8.89. The molecule has 1 heterocycles. The fourth-order valence-electron chi connectivity index (χ4n) is 6.57. The molecule has 10 heteroatoms. The van der Waals surface area contributed by atoms with Crippen molar-refractivity contribution in [3.05, 3.63) is 59.2 Å². The molecule has 0 aromatic heterocycles. The van der Waals surface area contributed by atoms with Crippen LogP contribution in [0.25, 0.3) is 0 Å². The molecule has 0 radical (unpaired) electrons. The molecule has 1 saturated carbocycles. The molecule has 4 rings (SSSR count). The molecule has 0 bridgehead atoms. The number of nitrogens with one attached hydrogen (secondary N) is 1. The van der Waals surface area contributed by atoms with Gasteiger partial charge in [0.05, 0.1) is 31.8 Å². The van der Waals surface area contributed by atoms with E-state index in [4.69, 9.17) is 14.2 Å². The first-order chi connectivity index (χ1) is 20.7. The van der Waals surface area contributed by atoms with Crippen molar-refractivity contribution in [2.75, 3.05) is 60.2 Å². The SMILES string of the molecule is COc1cc(C)c(S(=O)(=O)N(C)CCOCC(=O)NC2CCC(C(CCc3ccccc3)N3CCOCC3)CC2)c(C)c1. The Morgan fingerprint density at radius 1 is 1.07 bits per heavy atom. The normalized spacial score (nSPS) is 20.6. The van der Waals surface area contributed by atoms with Crippen LogP contribution in [0.1, 0.15) is 48.8 Å². The van der Waals surface area contributed by atoms with Gasteiger partial charge in [-0.1, -0.05) is 30.3 Å². The van der Waals surface area contributed by atoms with Crippen LogP contribution in [0.4, 0.5) is 0 Å². The summed E-state index contributed by atoms with van der Waals surface area (Å²) < 4.78 is 44.1. The summed E-state index contributed by atoms with van der Waals surface area (Å²) in [5, 5.41) is 3.14. The number of hydrogen-bond acceptors (Lipinski definition) is 7. The highest BCUT2D eigenvalue weighted by Gasteiger charge is 2.32. The number of carbonyl (C=O) groups excluding carboxylic acids is 1. The molecule has 9 nitrogen and oxygen atoms in total. The number of carbonyl (C=O) groups is 1. The van der Waals surface area contributed by atoms with E-state index in [-0.39, 0.29) is 36.6 Å². The minimum Gasteiger partial charge on any atom is -0.497 e. The van der Waals surface area contributed by atoms with Gasteiger partial charge in [-0.2, -0.15) is 4.31 Å². The molecule has 238 valence electrons. The van der Waals surface area contributed by atoms with E-state index in [1.807, 2.05) is 0 Å². The largest absolute Gasteiger partial charge is 0.497 e. The molecule has 43 heavy (non-hydrogen) atoms. The fraction of sp³-hybridized carbons (Fsp3) is 0.606. The molecule has 1 unspecified atom stereocenters. The first kappa shape index (κ1) is 33.4. The summed E-state index contributed by atoms with van der Waals surface area (Å²) in [4.78, 5) is 15.5. The predicted octanol–water partition coefficient (Wildman–Crippen LogP) is 3.96. The second-order valence-corrected chi connectivity index (χ2v) is 13.9. The van der Waals surface area contributed by atoms with Crippen molar-refractivity contribution in [2.45, 2.75) is 69.4 Å². The number of methoxy groups -OCH3 is 1. The van der Waals surface area contributed by atoms with Gasteiger partial charge in [0, 0.05) is 38.8 Å². The van der Waals surface area contributed by atoms with E-state index < -0.39 is 10.0 Å². The minimum atomic E-state index is -3.70. The topological polar surface area (TPSA) is 97.4 Å². The van der Waals surface area contributed by atoms with Crippen molar-refractivity contribution in [1.29, 1.82) is 0 Å². The molecule has 2 aromatic rings. The van der Waals surface area contributed by atoms with Crippen molar-refractivity contribution in [3.8, 4) is 5.75 Å². The zero-order valence-corrected chi connectivity index (χ0v) is 27.0. The summed E-state index contributed by atoms with van der Waals surface area (Å²) >= 11 is 0. The number of ether oxygens (including phenoxy) is 3. The maximum Gasteiger partial charge on any atom is 0.246 e. The molecule has 2 fully saturated rings. The van der Waals surface area contributed by atoms with Crippen molar-refractivity contribution in [1.82, 2.24) is 14.5 Å². The molecule has 1 saturated heterocycles. The first-order valence-electron chi connectivity index (χ1n) is 15.5. The molecule has 0 spiro atoms.